The van der Waals surface area contributed by atoms with Gasteiger partial charge in [-0.3, -0.25) is 4.79 Å². The fraction of sp³-hybridized carbons (Fsp3) is 0.538. The summed E-state index contributed by atoms with van der Waals surface area (Å²) in [4.78, 5) is 13.0. The number of carbonyl (C=O) groups excluding carboxylic acids is 1. The average molecular weight is 326 g/mol. The van der Waals surface area contributed by atoms with Crippen LogP contribution in [-0.2, 0) is 16.1 Å². The van der Waals surface area contributed by atoms with Crippen molar-refractivity contribution in [1.82, 2.24) is 20.2 Å². The second-order valence-electron chi connectivity index (χ2n) is 4.47. The maximum absolute atomic E-state index is 11.9. The van der Waals surface area contributed by atoms with Gasteiger partial charge in [-0.15, -0.1) is 16.4 Å². The van der Waals surface area contributed by atoms with Gasteiger partial charge in [0.25, 0.3) is 0 Å². The molecule has 1 atom stereocenters. The monoisotopic (exact) mass is 326 g/mol. The first-order valence-electron chi connectivity index (χ1n) is 6.77. The molecule has 0 N–H and O–H groups in total. The van der Waals surface area contributed by atoms with E-state index in [4.69, 9.17) is 4.74 Å². The van der Waals surface area contributed by atoms with Crippen molar-refractivity contribution in [2.24, 2.45) is 0 Å². The van der Waals surface area contributed by atoms with E-state index in [0.29, 0.717) is 11.7 Å². The Morgan fingerprint density at radius 3 is 3.10 bits per heavy atom. The summed E-state index contributed by atoms with van der Waals surface area (Å²) < 4.78 is 6.59. The van der Waals surface area contributed by atoms with Crippen molar-refractivity contribution < 1.29 is 9.53 Å². The zero-order valence-electron chi connectivity index (χ0n) is 12.1. The predicted octanol–water partition coefficient (Wildman–Crippen LogP) is 2.61. The van der Waals surface area contributed by atoms with Gasteiger partial charge >= 0.3 is 5.97 Å². The third kappa shape index (κ3) is 4.53. The molecule has 2 heterocycles. The van der Waals surface area contributed by atoms with Gasteiger partial charge < -0.3 is 4.74 Å². The number of thioether (sulfide) groups is 1. The van der Waals surface area contributed by atoms with Crippen LogP contribution in [0.2, 0.25) is 0 Å². The van der Waals surface area contributed by atoms with Crippen molar-refractivity contribution in [2.45, 2.75) is 43.1 Å². The predicted molar refractivity (Wildman–Crippen MR) is 82.4 cm³/mol. The molecule has 1 unspecified atom stereocenters. The van der Waals surface area contributed by atoms with Crippen LogP contribution in [0, 0.1) is 0 Å². The molecule has 21 heavy (non-hydrogen) atoms. The molecular weight excluding hydrogens is 308 g/mol. The molecule has 0 bridgehead atoms. The van der Waals surface area contributed by atoms with Gasteiger partial charge in [0.2, 0.25) is 5.16 Å². The molecule has 2 rings (SSSR count). The SMILES string of the molecule is CCCCC(Sc1nnnn1Cc1cccs1)C(=O)OC. The van der Waals surface area contributed by atoms with E-state index < -0.39 is 0 Å². The van der Waals surface area contributed by atoms with E-state index in [-0.39, 0.29) is 11.2 Å². The molecule has 0 fully saturated rings. The minimum Gasteiger partial charge on any atom is -0.468 e. The molecule has 0 spiro atoms. The van der Waals surface area contributed by atoms with Crippen molar-refractivity contribution in [2.75, 3.05) is 7.11 Å². The van der Waals surface area contributed by atoms with E-state index in [1.165, 1.54) is 23.7 Å². The Bertz CT molecular complexity index is 556. The number of esters is 1. The number of rotatable bonds is 8. The van der Waals surface area contributed by atoms with Crippen LogP contribution in [0.1, 0.15) is 31.1 Å². The molecule has 114 valence electrons. The normalized spacial score (nSPS) is 12.3. The second kappa shape index (κ2) is 8.14. The highest BCUT2D eigenvalue weighted by Gasteiger charge is 2.23. The van der Waals surface area contributed by atoms with Crippen molar-refractivity contribution in [1.29, 1.82) is 0 Å². The van der Waals surface area contributed by atoms with Gasteiger partial charge in [-0.2, -0.15) is 0 Å². The van der Waals surface area contributed by atoms with Gasteiger partial charge in [0, 0.05) is 4.88 Å². The van der Waals surface area contributed by atoms with Crippen LogP contribution in [-0.4, -0.2) is 38.5 Å². The first-order valence-corrected chi connectivity index (χ1v) is 8.53. The highest BCUT2D eigenvalue weighted by atomic mass is 32.2. The maximum atomic E-state index is 11.9. The number of tetrazole rings is 1. The first kappa shape index (κ1) is 16.0. The summed E-state index contributed by atoms with van der Waals surface area (Å²) >= 11 is 3.03. The van der Waals surface area contributed by atoms with E-state index in [1.807, 2.05) is 17.5 Å². The van der Waals surface area contributed by atoms with E-state index in [0.717, 1.165) is 19.3 Å². The zero-order valence-corrected chi connectivity index (χ0v) is 13.7. The summed E-state index contributed by atoms with van der Waals surface area (Å²) in [5, 5.41) is 14.1. The molecule has 0 aliphatic rings. The van der Waals surface area contributed by atoms with Crippen LogP contribution in [0.3, 0.4) is 0 Å². The highest BCUT2D eigenvalue weighted by molar-refractivity contribution is 8.00. The molecule has 2 aromatic rings. The second-order valence-corrected chi connectivity index (χ2v) is 6.67. The summed E-state index contributed by atoms with van der Waals surface area (Å²) in [6.07, 6.45) is 2.77. The lowest BCUT2D eigenvalue weighted by Crippen LogP contribution is -2.19. The molecule has 0 aliphatic carbocycles. The lowest BCUT2D eigenvalue weighted by Gasteiger charge is -2.13. The van der Waals surface area contributed by atoms with Gasteiger partial charge in [-0.05, 0) is 28.3 Å². The summed E-state index contributed by atoms with van der Waals surface area (Å²) in [5.41, 5.74) is 0. The van der Waals surface area contributed by atoms with Crippen molar-refractivity contribution in [3.05, 3.63) is 22.4 Å². The van der Waals surface area contributed by atoms with Crippen LogP contribution in [0.15, 0.2) is 22.7 Å². The molecule has 0 radical (unpaired) electrons. The zero-order chi connectivity index (χ0) is 15.1. The molecule has 0 aromatic carbocycles. The molecule has 0 saturated heterocycles. The van der Waals surface area contributed by atoms with E-state index in [1.54, 1.807) is 16.0 Å². The van der Waals surface area contributed by atoms with Crippen LogP contribution >= 0.6 is 23.1 Å². The Hall–Kier alpha value is -1.41. The van der Waals surface area contributed by atoms with E-state index in [9.17, 15) is 4.79 Å². The van der Waals surface area contributed by atoms with E-state index >= 15 is 0 Å². The fourth-order valence-electron chi connectivity index (χ4n) is 1.80. The van der Waals surface area contributed by atoms with Crippen molar-refractivity contribution in [3.8, 4) is 0 Å². The molecule has 2 aromatic heterocycles. The summed E-state index contributed by atoms with van der Waals surface area (Å²) in [5.74, 6) is -0.223. The number of nitrogens with zero attached hydrogens (tertiary/aromatic N) is 4. The van der Waals surface area contributed by atoms with Crippen molar-refractivity contribution >= 4 is 29.1 Å². The standard InChI is InChI=1S/C13H18N4O2S2/c1-3-4-7-11(12(18)19-2)21-13-14-15-16-17(13)9-10-6-5-8-20-10/h5-6,8,11H,3-4,7,9H2,1-2H3. The number of carbonyl (C=O) groups is 1. The Kier molecular flexibility index (Phi) is 6.19. The van der Waals surface area contributed by atoms with Crippen LogP contribution < -0.4 is 0 Å². The van der Waals surface area contributed by atoms with Crippen LogP contribution in [0.25, 0.3) is 0 Å². The van der Waals surface area contributed by atoms with Crippen molar-refractivity contribution in [3.63, 3.8) is 0 Å². The molecular formula is C13H18N4O2S2. The molecule has 0 amide bonds. The molecule has 0 saturated carbocycles. The Morgan fingerprint density at radius 2 is 2.43 bits per heavy atom. The van der Waals surface area contributed by atoms with Gasteiger partial charge in [0.05, 0.1) is 13.7 Å². The van der Waals surface area contributed by atoms with Gasteiger partial charge in [0.1, 0.15) is 5.25 Å². The minimum atomic E-state index is -0.261. The smallest absolute Gasteiger partial charge is 0.319 e. The first-order chi connectivity index (χ1) is 10.2. The summed E-state index contributed by atoms with van der Waals surface area (Å²) in [6.45, 7) is 2.72. The van der Waals surface area contributed by atoms with Gasteiger partial charge in [-0.25, -0.2) is 4.68 Å². The van der Waals surface area contributed by atoms with Crippen LogP contribution in [0.5, 0.6) is 0 Å². The molecule has 0 aliphatic heterocycles. The van der Waals surface area contributed by atoms with Gasteiger partial charge in [0.15, 0.2) is 0 Å². The van der Waals surface area contributed by atoms with E-state index in [2.05, 4.69) is 22.4 Å². The number of methoxy groups -OCH3 is 1. The number of aromatic nitrogens is 4. The molecule has 8 heteroatoms. The number of hydrogen-bond donors (Lipinski definition) is 0. The largest absolute Gasteiger partial charge is 0.468 e. The fourth-order valence-corrected chi connectivity index (χ4v) is 3.53. The lowest BCUT2D eigenvalue weighted by atomic mass is 10.2. The molecule has 6 nitrogen and oxygen atoms in total. The quantitative estimate of drug-likeness (QED) is 0.548. The third-order valence-electron chi connectivity index (χ3n) is 2.92. The number of thiophene rings is 1. The maximum Gasteiger partial charge on any atom is 0.319 e. The topological polar surface area (TPSA) is 69.9 Å². The Labute approximate surface area is 131 Å². The Morgan fingerprint density at radius 1 is 1.57 bits per heavy atom. The van der Waals surface area contributed by atoms with Gasteiger partial charge in [-0.1, -0.05) is 37.6 Å². The summed E-state index contributed by atoms with van der Waals surface area (Å²) in [7, 11) is 1.41. The number of ether oxygens (including phenoxy) is 1. The summed E-state index contributed by atoms with van der Waals surface area (Å²) in [6, 6.07) is 4.03. The Balaban J connectivity index is 2.06. The average Bonchev–Trinajstić information content (AvgIpc) is 3.15. The number of unbranched alkanes of at least 4 members (excludes halogenated alkanes) is 1. The minimum absolute atomic E-state index is 0.223. The highest BCUT2D eigenvalue weighted by Crippen LogP contribution is 2.26. The lowest BCUT2D eigenvalue weighted by molar-refractivity contribution is -0.140. The third-order valence-corrected chi connectivity index (χ3v) is 4.99. The number of hydrogen-bond acceptors (Lipinski definition) is 7. The van der Waals surface area contributed by atoms with Crippen LogP contribution in [0.4, 0.5) is 0 Å².